The van der Waals surface area contributed by atoms with E-state index in [1.807, 2.05) is 48.7 Å². The smallest absolute Gasteiger partial charge is 0.0967 e. The third-order valence-corrected chi connectivity index (χ3v) is 3.05. The highest BCUT2D eigenvalue weighted by atomic mass is 14.8. The monoisotopic (exact) mass is 219 g/mol. The molecule has 0 radical (unpaired) electrons. The van der Waals surface area contributed by atoms with Gasteiger partial charge in [-0.25, -0.2) is 4.98 Å². The number of hydrogen-bond acceptors (Lipinski definition) is 2. The van der Waals surface area contributed by atoms with Gasteiger partial charge in [-0.1, -0.05) is 12.1 Å². The minimum absolute atomic E-state index is 0.980. The molecule has 0 spiro atoms. The molecule has 2 heterocycles. The first-order valence-corrected chi connectivity index (χ1v) is 5.54. The molecule has 0 amide bonds. The van der Waals surface area contributed by atoms with Gasteiger partial charge in [0, 0.05) is 11.6 Å². The molecule has 17 heavy (non-hydrogen) atoms. The average molecular weight is 219 g/mol. The van der Waals surface area contributed by atoms with E-state index in [0.29, 0.717) is 0 Å². The number of aromatic amines is 1. The summed E-state index contributed by atoms with van der Waals surface area (Å²) in [5, 5.41) is 1.10. The Morgan fingerprint density at radius 1 is 0.824 bits per heavy atom. The number of rotatable bonds is 0. The molecule has 0 saturated carbocycles. The molecule has 2 aromatic heterocycles. The standard InChI is InChI=1S/C14H9N3/c1-2-4-12-11(3-1)16-13-6-5-10-9(7-8-15-10)14(13)17-12/h1-8,16H. The third-order valence-electron chi connectivity index (χ3n) is 3.05. The number of fused-ring (bicyclic) bond motifs is 4. The van der Waals surface area contributed by atoms with Crippen LogP contribution in [0.15, 0.2) is 48.7 Å². The number of nitrogens with one attached hydrogen (secondary N) is 1. The number of hydrogen-bond donors (Lipinski definition) is 1. The van der Waals surface area contributed by atoms with Gasteiger partial charge < -0.3 is 4.98 Å². The van der Waals surface area contributed by atoms with E-state index in [-0.39, 0.29) is 0 Å². The lowest BCUT2D eigenvalue weighted by molar-refractivity contribution is 1.40. The van der Waals surface area contributed by atoms with Crippen molar-refractivity contribution in [2.75, 3.05) is 0 Å². The van der Waals surface area contributed by atoms with Crippen molar-refractivity contribution in [1.29, 1.82) is 0 Å². The van der Waals surface area contributed by atoms with Crippen LogP contribution in [0.1, 0.15) is 0 Å². The van der Waals surface area contributed by atoms with Crippen LogP contribution in [0.4, 0.5) is 0 Å². The second kappa shape index (κ2) is 3.04. The van der Waals surface area contributed by atoms with Crippen LogP contribution in [0.5, 0.6) is 0 Å². The van der Waals surface area contributed by atoms with E-state index >= 15 is 0 Å². The van der Waals surface area contributed by atoms with E-state index in [4.69, 9.17) is 4.98 Å². The quantitative estimate of drug-likeness (QED) is 0.461. The molecule has 0 aliphatic heterocycles. The zero-order valence-corrected chi connectivity index (χ0v) is 9.01. The molecular weight excluding hydrogens is 210 g/mol. The highest BCUT2D eigenvalue weighted by molar-refractivity contribution is 6.04. The highest BCUT2D eigenvalue weighted by Crippen LogP contribution is 2.23. The van der Waals surface area contributed by atoms with Gasteiger partial charge in [-0.3, -0.25) is 4.98 Å². The molecule has 3 heteroatoms. The van der Waals surface area contributed by atoms with Crippen molar-refractivity contribution in [3.05, 3.63) is 48.7 Å². The van der Waals surface area contributed by atoms with E-state index < -0.39 is 0 Å². The number of aromatic nitrogens is 3. The molecule has 1 N–H and O–H groups in total. The second-order valence-electron chi connectivity index (χ2n) is 4.09. The highest BCUT2D eigenvalue weighted by Gasteiger charge is 2.04. The van der Waals surface area contributed by atoms with Crippen molar-refractivity contribution < 1.29 is 0 Å². The van der Waals surface area contributed by atoms with E-state index in [2.05, 4.69) is 9.97 Å². The third kappa shape index (κ3) is 1.16. The fraction of sp³-hybridized carbons (Fsp3) is 0. The zero-order chi connectivity index (χ0) is 11.2. The van der Waals surface area contributed by atoms with Gasteiger partial charge in [0.05, 0.1) is 27.6 Å². The summed E-state index contributed by atoms with van der Waals surface area (Å²) in [7, 11) is 0. The van der Waals surface area contributed by atoms with Gasteiger partial charge >= 0.3 is 0 Å². The molecule has 4 rings (SSSR count). The van der Waals surface area contributed by atoms with Gasteiger partial charge in [-0.15, -0.1) is 0 Å². The molecule has 80 valence electrons. The lowest BCUT2D eigenvalue weighted by atomic mass is 10.2. The van der Waals surface area contributed by atoms with Crippen molar-refractivity contribution in [2.24, 2.45) is 0 Å². The van der Waals surface area contributed by atoms with Crippen LogP contribution in [-0.4, -0.2) is 15.0 Å². The van der Waals surface area contributed by atoms with Crippen molar-refractivity contribution in [2.45, 2.75) is 0 Å². The van der Waals surface area contributed by atoms with Gasteiger partial charge in [0.1, 0.15) is 0 Å². The molecule has 4 aromatic rings. The first kappa shape index (κ1) is 8.70. The Balaban J connectivity index is 2.29. The molecule has 0 bridgehead atoms. The van der Waals surface area contributed by atoms with E-state index in [1.165, 1.54) is 0 Å². The summed E-state index contributed by atoms with van der Waals surface area (Å²) in [4.78, 5) is 12.4. The first-order valence-electron chi connectivity index (χ1n) is 5.54. The summed E-state index contributed by atoms with van der Waals surface area (Å²) in [5.41, 5.74) is 5.06. The molecule has 3 nitrogen and oxygen atoms in total. The topological polar surface area (TPSA) is 41.6 Å². The van der Waals surface area contributed by atoms with Crippen LogP contribution in [0.2, 0.25) is 0 Å². The second-order valence-corrected chi connectivity index (χ2v) is 4.09. The van der Waals surface area contributed by atoms with Gasteiger partial charge in [0.15, 0.2) is 0 Å². The van der Waals surface area contributed by atoms with Crippen LogP contribution < -0.4 is 0 Å². The SMILES string of the molecule is c1ccc2[nH]c3ccc4nccc4c3nc2c1. The first-order chi connectivity index (χ1) is 8.42. The minimum Gasteiger partial charge on any atom is -0.352 e. The number of H-pyrrole nitrogens is 1. The zero-order valence-electron chi connectivity index (χ0n) is 9.01. The largest absolute Gasteiger partial charge is 0.352 e. The molecular formula is C14H9N3. The van der Waals surface area contributed by atoms with Crippen molar-refractivity contribution in [3.8, 4) is 0 Å². The summed E-state index contributed by atoms with van der Waals surface area (Å²) < 4.78 is 0. The maximum atomic E-state index is 4.71. The van der Waals surface area contributed by atoms with Crippen molar-refractivity contribution in [1.82, 2.24) is 15.0 Å². The van der Waals surface area contributed by atoms with Crippen LogP contribution >= 0.6 is 0 Å². The summed E-state index contributed by atoms with van der Waals surface area (Å²) >= 11 is 0. The van der Waals surface area contributed by atoms with Crippen LogP contribution in [0.3, 0.4) is 0 Å². The number of para-hydroxylation sites is 2. The Hall–Kier alpha value is -2.42. The Kier molecular flexibility index (Phi) is 1.56. The van der Waals surface area contributed by atoms with E-state index in [0.717, 1.165) is 33.0 Å². The fourth-order valence-corrected chi connectivity index (χ4v) is 2.23. The Bertz CT molecular complexity index is 846. The molecule has 0 unspecified atom stereocenters. The van der Waals surface area contributed by atoms with Gasteiger partial charge in [0.2, 0.25) is 0 Å². The van der Waals surface area contributed by atoms with Crippen molar-refractivity contribution >= 4 is 33.0 Å². The predicted molar refractivity (Wildman–Crippen MR) is 68.9 cm³/mol. The van der Waals surface area contributed by atoms with Crippen molar-refractivity contribution in [3.63, 3.8) is 0 Å². The summed E-state index contributed by atoms with van der Waals surface area (Å²) in [5.74, 6) is 0. The van der Waals surface area contributed by atoms with Gasteiger partial charge in [-0.05, 0) is 30.3 Å². The summed E-state index contributed by atoms with van der Waals surface area (Å²) in [6.45, 7) is 0. The van der Waals surface area contributed by atoms with Gasteiger partial charge in [0.25, 0.3) is 0 Å². The van der Waals surface area contributed by atoms with Crippen LogP contribution in [0.25, 0.3) is 33.0 Å². The van der Waals surface area contributed by atoms with Crippen LogP contribution in [0, 0.1) is 0 Å². The summed E-state index contributed by atoms with van der Waals surface area (Å²) in [6, 6.07) is 14.1. The molecule has 0 saturated heterocycles. The molecule has 0 atom stereocenters. The Morgan fingerprint density at radius 3 is 2.76 bits per heavy atom. The summed E-state index contributed by atoms with van der Waals surface area (Å²) in [6.07, 6.45) is 1.82. The maximum absolute atomic E-state index is 4.71. The number of nitrogens with zero attached hydrogens (tertiary/aromatic N) is 2. The lowest BCUT2D eigenvalue weighted by Gasteiger charge is -2.03. The lowest BCUT2D eigenvalue weighted by Crippen LogP contribution is -1.87. The predicted octanol–water partition coefficient (Wildman–Crippen LogP) is 3.26. The van der Waals surface area contributed by atoms with Gasteiger partial charge in [-0.2, -0.15) is 0 Å². The molecule has 0 aliphatic carbocycles. The minimum atomic E-state index is 0.980. The maximum Gasteiger partial charge on any atom is 0.0967 e. The molecule has 2 aromatic carbocycles. The Labute approximate surface area is 97.1 Å². The Morgan fingerprint density at radius 2 is 1.76 bits per heavy atom. The molecule has 0 fully saturated rings. The van der Waals surface area contributed by atoms with Crippen LogP contribution in [-0.2, 0) is 0 Å². The average Bonchev–Trinajstić information content (AvgIpc) is 2.85. The number of benzene rings is 2. The van der Waals surface area contributed by atoms with E-state index in [9.17, 15) is 0 Å². The van der Waals surface area contributed by atoms with E-state index in [1.54, 1.807) is 0 Å². The molecule has 0 aliphatic rings. The fourth-order valence-electron chi connectivity index (χ4n) is 2.23. The normalized spacial score (nSPS) is 11.5.